The van der Waals surface area contributed by atoms with Gasteiger partial charge in [0.05, 0.1) is 0 Å². The molecule has 0 aliphatic carbocycles. The monoisotopic (exact) mass is 268 g/mol. The van der Waals surface area contributed by atoms with Gasteiger partial charge in [0.2, 0.25) is 0 Å². The molecule has 0 bridgehead atoms. The normalized spacial score (nSPS) is 13.6. The van der Waals surface area contributed by atoms with E-state index in [2.05, 4.69) is 5.16 Å². The Morgan fingerprint density at radius 1 is 1.50 bits per heavy atom. The molecule has 1 atom stereocenters. The Morgan fingerprint density at radius 2 is 2.22 bits per heavy atom. The standard InChI is InChI=1S/C13H20N2O2S/c1-9(6-16)7-18-8-12-4-3-11(5-10(12)2)13(14)15-17/h3-5,9,16-17H,6-8H2,1-2H3,(H2,14,15). The predicted molar refractivity (Wildman–Crippen MR) is 76.1 cm³/mol. The third-order valence-electron chi connectivity index (χ3n) is 2.72. The number of benzene rings is 1. The summed E-state index contributed by atoms with van der Waals surface area (Å²) >= 11 is 1.80. The van der Waals surface area contributed by atoms with Crippen LogP contribution in [-0.4, -0.2) is 28.5 Å². The van der Waals surface area contributed by atoms with Gasteiger partial charge in [-0.1, -0.05) is 24.2 Å². The Balaban J connectivity index is 2.63. The molecule has 0 spiro atoms. The highest BCUT2D eigenvalue weighted by molar-refractivity contribution is 7.98. The Bertz CT molecular complexity index is 421. The highest BCUT2D eigenvalue weighted by atomic mass is 32.2. The fourth-order valence-electron chi connectivity index (χ4n) is 1.50. The SMILES string of the molecule is Cc1cc(/C(N)=N/O)ccc1CSCC(C)CO. The number of nitrogens with zero attached hydrogens (tertiary/aromatic N) is 1. The summed E-state index contributed by atoms with van der Waals surface area (Å²) in [7, 11) is 0. The van der Waals surface area contributed by atoms with E-state index >= 15 is 0 Å². The van der Waals surface area contributed by atoms with E-state index in [1.807, 2.05) is 32.0 Å². The number of aryl methyl sites for hydroxylation is 1. The Kier molecular flexibility index (Phi) is 6.01. The van der Waals surface area contributed by atoms with Crippen molar-refractivity contribution in [1.29, 1.82) is 0 Å². The van der Waals surface area contributed by atoms with Gasteiger partial charge in [0.1, 0.15) is 0 Å². The molecule has 0 aliphatic heterocycles. The predicted octanol–water partition coefficient (Wildman–Crippen LogP) is 1.95. The number of oxime groups is 1. The molecule has 0 saturated heterocycles. The topological polar surface area (TPSA) is 78.8 Å². The average Bonchev–Trinajstić information content (AvgIpc) is 2.39. The number of rotatable bonds is 6. The van der Waals surface area contributed by atoms with Crippen molar-refractivity contribution in [3.63, 3.8) is 0 Å². The van der Waals surface area contributed by atoms with E-state index in [-0.39, 0.29) is 12.4 Å². The molecular formula is C13H20N2O2S. The van der Waals surface area contributed by atoms with E-state index in [0.29, 0.717) is 5.92 Å². The number of amidine groups is 1. The average molecular weight is 268 g/mol. The van der Waals surface area contributed by atoms with Crippen molar-refractivity contribution >= 4 is 17.6 Å². The van der Waals surface area contributed by atoms with Crippen LogP contribution in [0.5, 0.6) is 0 Å². The van der Waals surface area contributed by atoms with Crippen LogP contribution in [0, 0.1) is 12.8 Å². The Hall–Kier alpha value is -1.20. The molecule has 1 rings (SSSR count). The summed E-state index contributed by atoms with van der Waals surface area (Å²) in [4.78, 5) is 0. The number of nitrogens with two attached hydrogens (primary N) is 1. The lowest BCUT2D eigenvalue weighted by atomic mass is 10.1. The zero-order valence-electron chi connectivity index (χ0n) is 10.8. The molecule has 0 aliphatic rings. The van der Waals surface area contributed by atoms with Crippen molar-refractivity contribution in [3.8, 4) is 0 Å². The molecule has 1 aromatic rings. The van der Waals surface area contributed by atoms with Crippen LogP contribution in [-0.2, 0) is 5.75 Å². The minimum Gasteiger partial charge on any atom is -0.409 e. The number of aliphatic hydroxyl groups is 1. The molecule has 0 aromatic heterocycles. The van der Waals surface area contributed by atoms with Crippen LogP contribution in [0.1, 0.15) is 23.6 Å². The summed E-state index contributed by atoms with van der Waals surface area (Å²) in [5.41, 5.74) is 8.63. The lowest BCUT2D eigenvalue weighted by Crippen LogP contribution is -2.13. The van der Waals surface area contributed by atoms with E-state index in [1.165, 1.54) is 5.56 Å². The number of thioether (sulfide) groups is 1. The van der Waals surface area contributed by atoms with E-state index < -0.39 is 0 Å². The van der Waals surface area contributed by atoms with E-state index in [4.69, 9.17) is 16.0 Å². The second-order valence-corrected chi connectivity index (χ2v) is 5.46. The van der Waals surface area contributed by atoms with Gasteiger partial charge in [0, 0.05) is 17.9 Å². The van der Waals surface area contributed by atoms with Crippen molar-refractivity contribution in [3.05, 3.63) is 34.9 Å². The van der Waals surface area contributed by atoms with Gasteiger partial charge >= 0.3 is 0 Å². The third-order valence-corrected chi connectivity index (χ3v) is 4.04. The highest BCUT2D eigenvalue weighted by Crippen LogP contribution is 2.19. The van der Waals surface area contributed by atoms with Crippen LogP contribution in [0.3, 0.4) is 0 Å². The molecule has 18 heavy (non-hydrogen) atoms. The second kappa shape index (κ2) is 7.28. The molecule has 4 N–H and O–H groups in total. The fraction of sp³-hybridized carbons (Fsp3) is 0.462. The molecule has 4 nitrogen and oxygen atoms in total. The number of hydrogen-bond donors (Lipinski definition) is 3. The molecule has 0 heterocycles. The van der Waals surface area contributed by atoms with Gasteiger partial charge in [-0.25, -0.2) is 0 Å². The van der Waals surface area contributed by atoms with Crippen molar-refractivity contribution < 1.29 is 10.3 Å². The minimum absolute atomic E-state index is 0.131. The fourth-order valence-corrected chi connectivity index (χ4v) is 2.67. The molecule has 0 radical (unpaired) electrons. The first kappa shape index (κ1) is 14.9. The maximum absolute atomic E-state index is 8.95. The van der Waals surface area contributed by atoms with E-state index in [1.54, 1.807) is 11.8 Å². The molecule has 5 heteroatoms. The van der Waals surface area contributed by atoms with Crippen molar-refractivity contribution in [1.82, 2.24) is 0 Å². The largest absolute Gasteiger partial charge is 0.409 e. The number of hydrogen-bond acceptors (Lipinski definition) is 4. The molecule has 0 amide bonds. The molecule has 0 saturated carbocycles. The maximum Gasteiger partial charge on any atom is 0.170 e. The van der Waals surface area contributed by atoms with Gasteiger partial charge in [-0.2, -0.15) is 11.8 Å². The zero-order valence-corrected chi connectivity index (χ0v) is 11.6. The van der Waals surface area contributed by atoms with Crippen LogP contribution >= 0.6 is 11.8 Å². The molecular weight excluding hydrogens is 248 g/mol. The lowest BCUT2D eigenvalue weighted by molar-refractivity contribution is 0.250. The van der Waals surface area contributed by atoms with Gasteiger partial charge in [-0.15, -0.1) is 0 Å². The Labute approximate surface area is 112 Å². The summed E-state index contributed by atoms with van der Waals surface area (Å²) in [5, 5.41) is 20.5. The summed E-state index contributed by atoms with van der Waals surface area (Å²) in [6.07, 6.45) is 0. The van der Waals surface area contributed by atoms with Crippen LogP contribution in [0.4, 0.5) is 0 Å². The quantitative estimate of drug-likeness (QED) is 0.319. The Morgan fingerprint density at radius 3 is 2.78 bits per heavy atom. The lowest BCUT2D eigenvalue weighted by Gasteiger charge is -2.10. The first-order chi connectivity index (χ1) is 8.58. The van der Waals surface area contributed by atoms with Crippen molar-refractivity contribution in [2.45, 2.75) is 19.6 Å². The third kappa shape index (κ3) is 4.23. The van der Waals surface area contributed by atoms with Crippen molar-refractivity contribution in [2.24, 2.45) is 16.8 Å². The van der Waals surface area contributed by atoms with Gasteiger partial charge in [0.15, 0.2) is 5.84 Å². The van der Waals surface area contributed by atoms with Crippen LogP contribution in [0.15, 0.2) is 23.4 Å². The molecule has 100 valence electrons. The van der Waals surface area contributed by atoms with Crippen LogP contribution < -0.4 is 5.73 Å². The minimum atomic E-state index is 0.131. The maximum atomic E-state index is 8.95. The first-order valence-electron chi connectivity index (χ1n) is 5.84. The van der Waals surface area contributed by atoms with Crippen LogP contribution in [0.2, 0.25) is 0 Å². The zero-order chi connectivity index (χ0) is 13.5. The number of aliphatic hydroxyl groups excluding tert-OH is 1. The van der Waals surface area contributed by atoms with E-state index in [0.717, 1.165) is 22.6 Å². The second-order valence-electron chi connectivity index (χ2n) is 4.43. The highest BCUT2D eigenvalue weighted by Gasteiger charge is 2.05. The summed E-state index contributed by atoms with van der Waals surface area (Å²) in [6.45, 7) is 4.27. The van der Waals surface area contributed by atoms with E-state index in [9.17, 15) is 0 Å². The van der Waals surface area contributed by atoms with Gasteiger partial charge in [0.25, 0.3) is 0 Å². The molecule has 1 unspecified atom stereocenters. The van der Waals surface area contributed by atoms with Gasteiger partial charge in [-0.05, 0) is 35.8 Å². The molecule has 0 fully saturated rings. The van der Waals surface area contributed by atoms with Gasteiger partial charge in [-0.3, -0.25) is 0 Å². The summed E-state index contributed by atoms with van der Waals surface area (Å²) in [6, 6.07) is 5.77. The smallest absolute Gasteiger partial charge is 0.170 e. The summed E-state index contributed by atoms with van der Waals surface area (Å²) in [5.74, 6) is 2.31. The van der Waals surface area contributed by atoms with Crippen molar-refractivity contribution in [2.75, 3.05) is 12.4 Å². The van der Waals surface area contributed by atoms with Gasteiger partial charge < -0.3 is 16.0 Å². The summed E-state index contributed by atoms with van der Waals surface area (Å²) < 4.78 is 0. The molecule has 1 aromatic carbocycles. The first-order valence-corrected chi connectivity index (χ1v) is 7.00. The van der Waals surface area contributed by atoms with Crippen LogP contribution in [0.25, 0.3) is 0 Å².